The van der Waals surface area contributed by atoms with Gasteiger partial charge in [-0.15, -0.1) is 11.6 Å². The number of aryl methyl sites for hydroxylation is 1. The zero-order valence-electron chi connectivity index (χ0n) is 6.29. The first kappa shape index (κ1) is 9.00. The van der Waals surface area contributed by atoms with Gasteiger partial charge >= 0.3 is 0 Å². The molecule has 0 aliphatic rings. The van der Waals surface area contributed by atoms with Gasteiger partial charge in [-0.2, -0.15) is 0 Å². The third kappa shape index (κ3) is 1.74. The van der Waals surface area contributed by atoms with Crippen molar-refractivity contribution in [1.82, 2.24) is 0 Å². The van der Waals surface area contributed by atoms with E-state index in [9.17, 15) is 5.11 Å². The molecule has 0 radical (unpaired) electrons. The number of phenolic OH excluding ortho intramolecular Hbond substituents is 3. The Labute approximate surface area is 74.8 Å². The molecule has 12 heavy (non-hydrogen) atoms. The highest BCUT2D eigenvalue weighted by Gasteiger charge is 2.06. The number of hydrogen-bond donors (Lipinski definition) is 3. The summed E-state index contributed by atoms with van der Waals surface area (Å²) in [6, 6.07) is 2.39. The summed E-state index contributed by atoms with van der Waals surface area (Å²) in [5, 5.41) is 27.2. The minimum atomic E-state index is -0.328. The molecule has 1 rings (SSSR count). The zero-order valence-corrected chi connectivity index (χ0v) is 7.04. The molecule has 0 saturated heterocycles. The molecule has 0 amide bonds. The lowest BCUT2D eigenvalue weighted by Crippen LogP contribution is -1.86. The highest BCUT2D eigenvalue weighted by Crippen LogP contribution is 2.32. The molecule has 0 aliphatic heterocycles. The SMILES string of the molecule is Oc1cc(O)c(CCCl)cc1O. The summed E-state index contributed by atoms with van der Waals surface area (Å²) in [6.45, 7) is 0. The van der Waals surface area contributed by atoms with Crippen LogP contribution in [0.15, 0.2) is 12.1 Å². The third-order valence-corrected chi connectivity index (χ3v) is 1.73. The van der Waals surface area contributed by atoms with E-state index in [0.29, 0.717) is 17.9 Å². The van der Waals surface area contributed by atoms with Gasteiger partial charge in [0.15, 0.2) is 11.5 Å². The number of halogens is 1. The normalized spacial score (nSPS) is 10.1. The van der Waals surface area contributed by atoms with Crippen LogP contribution in [0.5, 0.6) is 17.2 Å². The number of rotatable bonds is 2. The van der Waals surface area contributed by atoms with E-state index in [1.807, 2.05) is 0 Å². The van der Waals surface area contributed by atoms with Crippen molar-refractivity contribution in [2.75, 3.05) is 5.88 Å². The first-order valence-corrected chi connectivity index (χ1v) is 3.98. The smallest absolute Gasteiger partial charge is 0.161 e. The van der Waals surface area contributed by atoms with Crippen LogP contribution in [0.3, 0.4) is 0 Å². The Morgan fingerprint density at radius 3 is 2.17 bits per heavy atom. The van der Waals surface area contributed by atoms with Crippen molar-refractivity contribution in [2.45, 2.75) is 6.42 Å². The molecule has 4 heteroatoms. The van der Waals surface area contributed by atoms with Crippen molar-refractivity contribution in [2.24, 2.45) is 0 Å². The molecule has 0 saturated carbocycles. The molecule has 0 unspecified atom stereocenters. The number of aromatic hydroxyl groups is 3. The summed E-state index contributed by atoms with van der Waals surface area (Å²) >= 11 is 5.44. The molecule has 0 atom stereocenters. The summed E-state index contributed by atoms with van der Waals surface area (Å²) < 4.78 is 0. The van der Waals surface area contributed by atoms with Crippen molar-refractivity contribution in [1.29, 1.82) is 0 Å². The van der Waals surface area contributed by atoms with E-state index in [1.165, 1.54) is 6.07 Å². The molecular weight excluding hydrogens is 180 g/mol. The second kappa shape index (κ2) is 3.54. The average Bonchev–Trinajstić information content (AvgIpc) is 2.01. The van der Waals surface area contributed by atoms with E-state index in [4.69, 9.17) is 21.8 Å². The van der Waals surface area contributed by atoms with Gasteiger partial charge in [0.1, 0.15) is 5.75 Å². The van der Waals surface area contributed by atoms with Crippen molar-refractivity contribution in [3.05, 3.63) is 17.7 Å². The van der Waals surface area contributed by atoms with Crippen LogP contribution in [0.25, 0.3) is 0 Å². The lowest BCUT2D eigenvalue weighted by atomic mass is 10.1. The first-order chi connectivity index (χ1) is 5.65. The Morgan fingerprint density at radius 1 is 1.00 bits per heavy atom. The summed E-state index contributed by atoms with van der Waals surface area (Å²) in [7, 11) is 0. The third-order valence-electron chi connectivity index (χ3n) is 1.54. The van der Waals surface area contributed by atoms with Gasteiger partial charge in [-0.05, 0) is 18.1 Å². The fraction of sp³-hybridized carbons (Fsp3) is 0.250. The molecule has 1 aromatic carbocycles. The zero-order chi connectivity index (χ0) is 9.14. The van der Waals surface area contributed by atoms with Crippen LogP contribution in [0.1, 0.15) is 5.56 Å². The molecule has 0 aromatic heterocycles. The van der Waals surface area contributed by atoms with E-state index in [-0.39, 0.29) is 17.2 Å². The number of phenols is 3. The first-order valence-electron chi connectivity index (χ1n) is 3.45. The number of alkyl halides is 1. The second-order valence-electron chi connectivity index (χ2n) is 2.41. The maximum Gasteiger partial charge on any atom is 0.161 e. The summed E-state index contributed by atoms with van der Waals surface area (Å²) in [5.41, 5.74) is 0.528. The molecular formula is C8H9ClO3. The Kier molecular flexibility index (Phi) is 2.65. The van der Waals surface area contributed by atoms with Gasteiger partial charge in [-0.1, -0.05) is 0 Å². The Bertz CT molecular complexity index is 286. The van der Waals surface area contributed by atoms with Gasteiger partial charge < -0.3 is 15.3 Å². The Morgan fingerprint density at radius 2 is 1.58 bits per heavy atom. The molecule has 0 aliphatic carbocycles. The fourth-order valence-electron chi connectivity index (χ4n) is 0.911. The lowest BCUT2D eigenvalue weighted by Gasteiger charge is -2.04. The van der Waals surface area contributed by atoms with Crippen molar-refractivity contribution >= 4 is 11.6 Å². The second-order valence-corrected chi connectivity index (χ2v) is 2.79. The highest BCUT2D eigenvalue weighted by molar-refractivity contribution is 6.18. The monoisotopic (exact) mass is 188 g/mol. The molecule has 3 N–H and O–H groups in total. The molecule has 0 fully saturated rings. The van der Waals surface area contributed by atoms with Gasteiger partial charge in [0, 0.05) is 11.9 Å². The quantitative estimate of drug-likeness (QED) is 0.375. The van der Waals surface area contributed by atoms with E-state index >= 15 is 0 Å². The molecule has 0 bridgehead atoms. The predicted molar refractivity (Wildman–Crippen MR) is 45.9 cm³/mol. The van der Waals surface area contributed by atoms with Crippen LogP contribution in [0, 0.1) is 0 Å². The molecule has 3 nitrogen and oxygen atoms in total. The van der Waals surface area contributed by atoms with Crippen molar-refractivity contribution in [3.63, 3.8) is 0 Å². The van der Waals surface area contributed by atoms with Gasteiger partial charge in [0.05, 0.1) is 0 Å². The van der Waals surface area contributed by atoms with Crippen LogP contribution in [0.2, 0.25) is 0 Å². The highest BCUT2D eigenvalue weighted by atomic mass is 35.5. The fourth-order valence-corrected chi connectivity index (χ4v) is 1.11. The van der Waals surface area contributed by atoms with E-state index in [0.717, 1.165) is 6.07 Å². The van der Waals surface area contributed by atoms with E-state index in [1.54, 1.807) is 0 Å². The van der Waals surface area contributed by atoms with Crippen LogP contribution in [-0.4, -0.2) is 21.2 Å². The minimum Gasteiger partial charge on any atom is -0.508 e. The number of benzene rings is 1. The average molecular weight is 189 g/mol. The largest absolute Gasteiger partial charge is 0.508 e. The van der Waals surface area contributed by atoms with Crippen LogP contribution < -0.4 is 0 Å². The van der Waals surface area contributed by atoms with E-state index < -0.39 is 0 Å². The van der Waals surface area contributed by atoms with Gasteiger partial charge in [0.25, 0.3) is 0 Å². The van der Waals surface area contributed by atoms with Gasteiger partial charge in [-0.25, -0.2) is 0 Å². The Hall–Kier alpha value is -1.09. The summed E-state index contributed by atoms with van der Waals surface area (Å²) in [4.78, 5) is 0. The van der Waals surface area contributed by atoms with Gasteiger partial charge in [-0.3, -0.25) is 0 Å². The van der Waals surface area contributed by atoms with Crippen LogP contribution in [-0.2, 0) is 6.42 Å². The predicted octanol–water partition coefficient (Wildman–Crippen LogP) is 1.58. The van der Waals surface area contributed by atoms with Gasteiger partial charge in [0.2, 0.25) is 0 Å². The molecule has 0 spiro atoms. The van der Waals surface area contributed by atoms with Crippen LogP contribution in [0.4, 0.5) is 0 Å². The number of hydrogen-bond acceptors (Lipinski definition) is 3. The van der Waals surface area contributed by atoms with E-state index in [2.05, 4.69) is 0 Å². The molecule has 0 heterocycles. The molecule has 1 aromatic rings. The van der Waals surface area contributed by atoms with Crippen LogP contribution >= 0.6 is 11.6 Å². The minimum absolute atomic E-state index is 0.0500. The van der Waals surface area contributed by atoms with Crippen molar-refractivity contribution < 1.29 is 15.3 Å². The lowest BCUT2D eigenvalue weighted by molar-refractivity contribution is 0.394. The maximum atomic E-state index is 9.22. The van der Waals surface area contributed by atoms with Crippen molar-refractivity contribution in [3.8, 4) is 17.2 Å². The summed E-state index contributed by atoms with van der Waals surface area (Å²) in [5.74, 6) is -0.262. The molecule has 66 valence electrons. The summed E-state index contributed by atoms with van der Waals surface area (Å²) in [6.07, 6.45) is 0.460. The Balaban J connectivity index is 3.05. The topological polar surface area (TPSA) is 60.7 Å². The standard InChI is InChI=1S/C8H9ClO3/c9-2-1-5-3-7(11)8(12)4-6(5)10/h3-4,10-12H,1-2H2. The maximum absolute atomic E-state index is 9.22.